The topological polar surface area (TPSA) is 29.3 Å². The van der Waals surface area contributed by atoms with Gasteiger partial charge >= 0.3 is 0 Å². The molecule has 2 nitrogen and oxygen atoms in total. The summed E-state index contributed by atoms with van der Waals surface area (Å²) in [7, 11) is 0. The van der Waals surface area contributed by atoms with E-state index < -0.39 is 0 Å². The minimum Gasteiger partial charge on any atom is -0.398 e. The number of nitrogen functional groups attached to an aromatic ring is 1. The highest BCUT2D eigenvalue weighted by Crippen LogP contribution is 2.21. The van der Waals surface area contributed by atoms with Crippen LogP contribution in [0.1, 0.15) is 23.6 Å². The summed E-state index contributed by atoms with van der Waals surface area (Å²) in [6, 6.07) is 14.4. The van der Waals surface area contributed by atoms with Gasteiger partial charge in [-0.15, -0.1) is 0 Å². The van der Waals surface area contributed by atoms with E-state index in [9.17, 15) is 0 Å². The summed E-state index contributed by atoms with van der Waals surface area (Å²) in [5, 5.41) is 0.621. The van der Waals surface area contributed by atoms with E-state index in [-0.39, 0.29) is 0 Å². The first kappa shape index (κ1) is 14.9. The molecule has 20 heavy (non-hydrogen) atoms. The van der Waals surface area contributed by atoms with Gasteiger partial charge in [-0.3, -0.25) is 4.90 Å². The molecule has 106 valence electrons. The van der Waals surface area contributed by atoms with Gasteiger partial charge in [0.25, 0.3) is 0 Å². The van der Waals surface area contributed by atoms with E-state index in [2.05, 4.69) is 43.0 Å². The molecule has 0 saturated carbocycles. The molecule has 0 bridgehead atoms. The van der Waals surface area contributed by atoms with Crippen LogP contribution in [0.4, 0.5) is 5.69 Å². The Balaban J connectivity index is 2.09. The Hall–Kier alpha value is -1.51. The van der Waals surface area contributed by atoms with Gasteiger partial charge in [0.1, 0.15) is 0 Å². The zero-order valence-corrected chi connectivity index (χ0v) is 12.8. The quantitative estimate of drug-likeness (QED) is 0.833. The average Bonchev–Trinajstić information content (AvgIpc) is 2.44. The normalized spacial score (nSPS) is 11.0. The van der Waals surface area contributed by atoms with Crippen LogP contribution in [0.15, 0.2) is 42.5 Å². The molecule has 0 fully saturated rings. The Morgan fingerprint density at radius 1 is 1.10 bits per heavy atom. The molecule has 0 radical (unpaired) electrons. The molecule has 3 heteroatoms. The highest BCUT2D eigenvalue weighted by Gasteiger charge is 2.07. The van der Waals surface area contributed by atoms with Gasteiger partial charge in [-0.2, -0.15) is 0 Å². The molecule has 0 atom stereocenters. The van der Waals surface area contributed by atoms with Gasteiger partial charge in [0, 0.05) is 13.1 Å². The molecule has 0 aromatic heterocycles. The Bertz CT molecular complexity index is 581. The van der Waals surface area contributed by atoms with Crippen LogP contribution in [0.5, 0.6) is 0 Å². The summed E-state index contributed by atoms with van der Waals surface area (Å²) >= 11 is 5.96. The highest BCUT2D eigenvalue weighted by molar-refractivity contribution is 6.33. The Morgan fingerprint density at radius 2 is 1.85 bits per heavy atom. The van der Waals surface area contributed by atoms with Crippen molar-refractivity contribution in [2.45, 2.75) is 26.9 Å². The standard InChI is InChI=1S/C17H21ClN2/c1-3-20(12-15-7-5-4-6-13(15)2)11-14-8-9-16(18)17(19)10-14/h4-10H,3,11-12,19H2,1-2H3. The van der Waals surface area contributed by atoms with Crippen LogP contribution in [0.25, 0.3) is 0 Å². The minimum atomic E-state index is 0.621. The third kappa shape index (κ3) is 3.75. The molecule has 2 rings (SSSR count). The van der Waals surface area contributed by atoms with Gasteiger partial charge in [-0.1, -0.05) is 48.9 Å². The van der Waals surface area contributed by atoms with Crippen molar-refractivity contribution >= 4 is 17.3 Å². The van der Waals surface area contributed by atoms with Crippen molar-refractivity contribution in [2.24, 2.45) is 0 Å². The third-order valence-electron chi connectivity index (χ3n) is 3.57. The van der Waals surface area contributed by atoms with E-state index >= 15 is 0 Å². The molecule has 0 unspecified atom stereocenters. The van der Waals surface area contributed by atoms with E-state index in [0.29, 0.717) is 10.7 Å². The SMILES string of the molecule is CCN(Cc1ccc(Cl)c(N)c1)Cc1ccccc1C. The van der Waals surface area contributed by atoms with Gasteiger partial charge in [-0.05, 0) is 42.3 Å². The molecule has 0 spiro atoms. The number of nitrogens with two attached hydrogens (primary N) is 1. The predicted molar refractivity (Wildman–Crippen MR) is 86.8 cm³/mol. The van der Waals surface area contributed by atoms with Gasteiger partial charge < -0.3 is 5.73 Å². The van der Waals surface area contributed by atoms with Crippen LogP contribution >= 0.6 is 11.6 Å². The fraction of sp³-hybridized carbons (Fsp3) is 0.294. The van der Waals surface area contributed by atoms with E-state index in [4.69, 9.17) is 17.3 Å². The first-order chi connectivity index (χ1) is 9.60. The summed E-state index contributed by atoms with van der Waals surface area (Å²) < 4.78 is 0. The fourth-order valence-electron chi connectivity index (χ4n) is 2.26. The van der Waals surface area contributed by atoms with Crippen LogP contribution < -0.4 is 5.73 Å². The van der Waals surface area contributed by atoms with Gasteiger partial charge in [0.15, 0.2) is 0 Å². The molecule has 2 aromatic rings. The number of halogens is 1. The lowest BCUT2D eigenvalue weighted by Gasteiger charge is -2.22. The maximum absolute atomic E-state index is 5.96. The summed E-state index contributed by atoms with van der Waals surface area (Å²) in [5.41, 5.74) is 10.4. The van der Waals surface area contributed by atoms with Crippen molar-refractivity contribution in [2.75, 3.05) is 12.3 Å². The van der Waals surface area contributed by atoms with E-state index in [0.717, 1.165) is 19.6 Å². The second-order valence-electron chi connectivity index (χ2n) is 5.09. The van der Waals surface area contributed by atoms with Crippen LogP contribution in [0, 0.1) is 6.92 Å². The monoisotopic (exact) mass is 288 g/mol. The number of hydrogen-bond acceptors (Lipinski definition) is 2. The Morgan fingerprint density at radius 3 is 2.50 bits per heavy atom. The summed E-state index contributed by atoms with van der Waals surface area (Å²) in [6.07, 6.45) is 0. The molecule has 0 heterocycles. The molecule has 0 aliphatic carbocycles. The Labute approximate surface area is 126 Å². The summed E-state index contributed by atoms with van der Waals surface area (Å²) in [6.45, 7) is 7.16. The predicted octanol–water partition coefficient (Wildman–Crippen LogP) is 4.25. The minimum absolute atomic E-state index is 0.621. The molecule has 0 aliphatic heterocycles. The second-order valence-corrected chi connectivity index (χ2v) is 5.49. The summed E-state index contributed by atoms with van der Waals surface area (Å²) in [5.74, 6) is 0. The van der Waals surface area contributed by atoms with E-state index in [1.165, 1.54) is 16.7 Å². The van der Waals surface area contributed by atoms with Gasteiger partial charge in [0.2, 0.25) is 0 Å². The van der Waals surface area contributed by atoms with Gasteiger partial charge in [-0.25, -0.2) is 0 Å². The zero-order chi connectivity index (χ0) is 14.5. The molecule has 0 saturated heterocycles. The molecular formula is C17H21ClN2. The van der Waals surface area contributed by atoms with Crippen molar-refractivity contribution in [3.8, 4) is 0 Å². The number of anilines is 1. The maximum atomic E-state index is 5.96. The van der Waals surface area contributed by atoms with Crippen LogP contribution in [-0.2, 0) is 13.1 Å². The maximum Gasteiger partial charge on any atom is 0.0635 e. The first-order valence-corrected chi connectivity index (χ1v) is 7.28. The van der Waals surface area contributed by atoms with Crippen LogP contribution in [0.3, 0.4) is 0 Å². The van der Waals surface area contributed by atoms with Crippen LogP contribution in [-0.4, -0.2) is 11.4 Å². The number of rotatable bonds is 5. The molecule has 2 aromatic carbocycles. The second kappa shape index (κ2) is 6.78. The van der Waals surface area contributed by atoms with E-state index in [1.807, 2.05) is 18.2 Å². The van der Waals surface area contributed by atoms with Gasteiger partial charge in [0.05, 0.1) is 10.7 Å². The van der Waals surface area contributed by atoms with E-state index in [1.54, 1.807) is 0 Å². The number of benzene rings is 2. The van der Waals surface area contributed by atoms with Crippen LogP contribution in [0.2, 0.25) is 5.02 Å². The fourth-order valence-corrected chi connectivity index (χ4v) is 2.38. The number of hydrogen-bond donors (Lipinski definition) is 1. The molecule has 2 N–H and O–H groups in total. The van der Waals surface area contributed by atoms with Crippen molar-refractivity contribution < 1.29 is 0 Å². The molecular weight excluding hydrogens is 268 g/mol. The van der Waals surface area contributed by atoms with Crippen molar-refractivity contribution in [1.82, 2.24) is 4.90 Å². The van der Waals surface area contributed by atoms with Crippen molar-refractivity contribution in [3.63, 3.8) is 0 Å². The number of nitrogens with zero attached hydrogens (tertiary/aromatic N) is 1. The number of aryl methyl sites for hydroxylation is 1. The molecule has 0 amide bonds. The smallest absolute Gasteiger partial charge is 0.0635 e. The highest BCUT2D eigenvalue weighted by atomic mass is 35.5. The first-order valence-electron chi connectivity index (χ1n) is 6.91. The molecule has 0 aliphatic rings. The van der Waals surface area contributed by atoms with Crippen molar-refractivity contribution in [1.29, 1.82) is 0 Å². The summed E-state index contributed by atoms with van der Waals surface area (Å²) in [4.78, 5) is 2.39. The third-order valence-corrected chi connectivity index (χ3v) is 3.91. The largest absolute Gasteiger partial charge is 0.398 e. The lowest BCUT2D eigenvalue weighted by Crippen LogP contribution is -2.22. The lowest BCUT2D eigenvalue weighted by molar-refractivity contribution is 0.271. The lowest BCUT2D eigenvalue weighted by atomic mass is 10.1. The van der Waals surface area contributed by atoms with Crippen molar-refractivity contribution in [3.05, 3.63) is 64.2 Å². The average molecular weight is 289 g/mol. The Kier molecular flexibility index (Phi) is 5.05. The zero-order valence-electron chi connectivity index (χ0n) is 12.1.